The van der Waals surface area contributed by atoms with E-state index in [9.17, 15) is 53.4 Å². The van der Waals surface area contributed by atoms with E-state index < -0.39 is 60.0 Å². The van der Waals surface area contributed by atoms with E-state index in [1.54, 1.807) is 4.90 Å². The van der Waals surface area contributed by atoms with Gasteiger partial charge in [-0.15, -0.1) is 22.7 Å². The van der Waals surface area contributed by atoms with Gasteiger partial charge in [0.05, 0.1) is 18.2 Å². The number of esters is 3. The van der Waals surface area contributed by atoms with Crippen molar-refractivity contribution in [3.8, 4) is 0 Å². The summed E-state index contributed by atoms with van der Waals surface area (Å²) in [5, 5.41) is 22.6. The maximum absolute atomic E-state index is 14.5. The molecule has 10 atom stereocenters. The van der Waals surface area contributed by atoms with Crippen LogP contribution in [0.25, 0.3) is 0 Å². The molecule has 2 fully saturated rings. The monoisotopic (exact) mass is 1250 g/mol. The van der Waals surface area contributed by atoms with Crippen molar-refractivity contribution < 1.29 is 72.3 Å². The van der Waals surface area contributed by atoms with Crippen LogP contribution in [0.1, 0.15) is 236 Å². The molecule has 2 N–H and O–H groups in total. The van der Waals surface area contributed by atoms with Gasteiger partial charge >= 0.3 is 29.8 Å². The average Bonchev–Trinajstić information content (AvgIpc) is 2.60. The highest BCUT2D eigenvalue weighted by Crippen LogP contribution is 2.36. The van der Waals surface area contributed by atoms with Crippen LogP contribution in [0.15, 0.2) is 10.8 Å². The summed E-state index contributed by atoms with van der Waals surface area (Å²) < 4.78 is 23.1. The number of carboxylic acids is 2. The predicted octanol–water partition coefficient (Wildman–Crippen LogP) is 11.1. The Hall–Kier alpha value is -5.23. The van der Waals surface area contributed by atoms with Gasteiger partial charge in [-0.3, -0.25) is 43.4 Å². The third-order valence-electron chi connectivity index (χ3n) is 16.7. The summed E-state index contributed by atoms with van der Waals surface area (Å²) in [6.45, 7) is 25.7. The van der Waals surface area contributed by atoms with Crippen molar-refractivity contribution in [2.45, 2.75) is 235 Å². The zero-order valence-corrected chi connectivity index (χ0v) is 55.6. The minimum Gasteiger partial charge on any atom is -0.476 e. The summed E-state index contributed by atoms with van der Waals surface area (Å²) in [5.41, 5.74) is -0.212. The number of aromatic carboxylic acids is 2. The van der Waals surface area contributed by atoms with Gasteiger partial charge in [0.1, 0.15) is 16.1 Å². The first-order valence-electron chi connectivity index (χ1n) is 31.2. The van der Waals surface area contributed by atoms with Gasteiger partial charge in [0.25, 0.3) is 0 Å². The summed E-state index contributed by atoms with van der Waals surface area (Å²) in [6.07, 6.45) is 7.58. The zero-order chi connectivity index (χ0) is 64.5. The molecule has 23 heteroatoms. The second-order valence-electron chi connectivity index (χ2n) is 24.3. The van der Waals surface area contributed by atoms with Gasteiger partial charge in [-0.25, -0.2) is 19.6 Å². The standard InChI is InChI=1S/C32H53N3O7S.C31H49N3O8S/c1-9-13-29(37)41-19-35(31(38)23(22(7)10-2)16-27(36)25-14-11-12-15-34(25)8)26(20(3)4)17-28(42-21(5)6)30-33-24(18-43-30)32(39)40;1-8-12-28(37)42-27(29-32-23(17-43-29)31(39)40)16-25(19(3)4)34(18-41-21(6)35)30(38)22(20(5)9-2)15-26(36)24-13-10-11-14-33(24)7/h18,20-23,25-26,28H,9-17,19H2,1-8H3,(H,39,40);17,19-20,22,24-25,27H,8-16,18H2,1-7H3,(H,39,40)/t22-,23-,25?,26+,28+;20-,22-,24?,25+,27+/m00/s1. The van der Waals surface area contributed by atoms with Gasteiger partial charge in [0, 0.05) is 80.1 Å². The van der Waals surface area contributed by atoms with E-state index in [4.69, 9.17) is 18.9 Å². The number of carbonyl (C=O) groups excluding carboxylic acids is 7. The SMILES string of the molecule is CCCC(=O)OCN(C(=O)[C@@H](CC(=O)C1CCCCN1C)[C@@H](C)CC)[C@H](C[C@@H](OC(C)C)c1nc(C(=O)O)cs1)C(C)C.CCCC(=O)O[C@H](C[C@H](C(C)C)N(COC(C)=O)C(=O)[C@@H](CC(=O)C1CCCCN1C)[C@@H](C)CC)c1nc(C(=O)O)cs1. The molecule has 0 bridgehead atoms. The van der Waals surface area contributed by atoms with E-state index in [-0.39, 0.29) is 128 Å². The van der Waals surface area contributed by atoms with Crippen molar-refractivity contribution >= 4 is 75.9 Å². The van der Waals surface area contributed by atoms with Crippen LogP contribution in [-0.2, 0) is 52.5 Å². The number of hydrogen-bond donors (Lipinski definition) is 2. The fourth-order valence-corrected chi connectivity index (χ4v) is 12.8. The van der Waals surface area contributed by atoms with E-state index in [1.165, 1.54) is 33.9 Å². The lowest BCUT2D eigenvalue weighted by Crippen LogP contribution is -2.50. The van der Waals surface area contributed by atoms with Crippen molar-refractivity contribution in [2.24, 2.45) is 35.5 Å². The zero-order valence-electron chi connectivity index (χ0n) is 54.0. The molecule has 486 valence electrons. The molecule has 0 spiro atoms. The molecule has 4 heterocycles. The molecular weight excluding hydrogens is 1140 g/mol. The normalized spacial score (nSPS) is 18.5. The van der Waals surface area contributed by atoms with Gasteiger partial charge in [0.15, 0.2) is 42.5 Å². The highest BCUT2D eigenvalue weighted by molar-refractivity contribution is 7.10. The van der Waals surface area contributed by atoms with Crippen LogP contribution in [0, 0.1) is 35.5 Å². The van der Waals surface area contributed by atoms with E-state index in [1.807, 2.05) is 97.2 Å². The number of Topliss-reactive ketones (excluding diaryl/α,β-unsaturated/α-hetero) is 2. The number of carbonyl (C=O) groups is 9. The first-order valence-corrected chi connectivity index (χ1v) is 32.9. The second-order valence-corrected chi connectivity index (χ2v) is 26.1. The number of rotatable bonds is 35. The summed E-state index contributed by atoms with van der Waals surface area (Å²) in [5.74, 6) is -5.74. The Kier molecular flexibility index (Phi) is 32.8. The Morgan fingerprint density at radius 2 is 1.01 bits per heavy atom. The number of ether oxygens (including phenoxy) is 4. The van der Waals surface area contributed by atoms with Crippen LogP contribution in [-0.4, -0.2) is 164 Å². The molecule has 0 saturated carbocycles. The number of nitrogens with zero attached hydrogens (tertiary/aromatic N) is 6. The third-order valence-corrected chi connectivity index (χ3v) is 18.5. The molecule has 2 aromatic heterocycles. The molecule has 2 aromatic rings. The summed E-state index contributed by atoms with van der Waals surface area (Å²) in [4.78, 5) is 132. The van der Waals surface area contributed by atoms with Crippen LogP contribution in [0.5, 0.6) is 0 Å². The Morgan fingerprint density at radius 3 is 1.37 bits per heavy atom. The van der Waals surface area contributed by atoms with Crippen LogP contribution in [0.4, 0.5) is 0 Å². The van der Waals surface area contributed by atoms with Gasteiger partial charge < -0.3 is 39.0 Å². The largest absolute Gasteiger partial charge is 0.476 e. The Bertz CT molecular complexity index is 2500. The predicted molar refractivity (Wildman–Crippen MR) is 329 cm³/mol. The number of likely N-dealkylation sites (N-methyl/N-ethyl adjacent to an activating group) is 2. The minimum absolute atomic E-state index is 0.0322. The summed E-state index contributed by atoms with van der Waals surface area (Å²) in [6, 6.07) is -1.43. The number of carboxylic acid groups (broad SMARTS) is 2. The third kappa shape index (κ3) is 23.4. The number of amides is 2. The van der Waals surface area contributed by atoms with Gasteiger partial charge in [0.2, 0.25) is 11.8 Å². The molecule has 4 rings (SSSR count). The van der Waals surface area contributed by atoms with Crippen LogP contribution < -0.4 is 0 Å². The molecule has 2 unspecified atom stereocenters. The molecule has 0 aliphatic carbocycles. The number of aromatic nitrogens is 2. The molecule has 0 aromatic carbocycles. The van der Waals surface area contributed by atoms with Gasteiger partial charge in [-0.1, -0.05) is 94.9 Å². The van der Waals surface area contributed by atoms with E-state index in [0.29, 0.717) is 35.7 Å². The van der Waals surface area contributed by atoms with Gasteiger partial charge in [-0.05, 0) is 103 Å². The molecule has 2 aliphatic rings. The fourth-order valence-electron chi connectivity index (χ4n) is 11.1. The molecular formula is C63H102N6O15S2. The van der Waals surface area contributed by atoms with Crippen molar-refractivity contribution in [3.63, 3.8) is 0 Å². The Labute approximate surface area is 519 Å². The maximum atomic E-state index is 14.5. The lowest BCUT2D eigenvalue weighted by molar-refractivity contribution is -0.162. The molecule has 2 saturated heterocycles. The number of hydrogen-bond acceptors (Lipinski definition) is 19. The highest BCUT2D eigenvalue weighted by Gasteiger charge is 2.42. The second kappa shape index (κ2) is 37.6. The van der Waals surface area contributed by atoms with E-state index in [0.717, 1.165) is 69.4 Å². The lowest BCUT2D eigenvalue weighted by Gasteiger charge is -2.39. The smallest absolute Gasteiger partial charge is 0.355 e. The quantitative estimate of drug-likeness (QED) is 0.0369. The fraction of sp³-hybridized carbons (Fsp3) is 0.762. The summed E-state index contributed by atoms with van der Waals surface area (Å²) in [7, 11) is 3.91. The molecule has 2 aliphatic heterocycles. The first kappa shape index (κ1) is 75.0. The first-order chi connectivity index (χ1) is 40.6. The minimum atomic E-state index is -1.20. The van der Waals surface area contributed by atoms with Crippen molar-refractivity contribution in [3.05, 3.63) is 32.2 Å². The Balaban J connectivity index is 0.000000450. The number of piperidine rings is 2. The van der Waals surface area contributed by atoms with Crippen molar-refractivity contribution in [1.82, 2.24) is 29.6 Å². The van der Waals surface area contributed by atoms with Crippen LogP contribution in [0.3, 0.4) is 0 Å². The van der Waals surface area contributed by atoms with Gasteiger partial charge in [-0.2, -0.15) is 0 Å². The molecule has 21 nitrogen and oxygen atoms in total. The van der Waals surface area contributed by atoms with Crippen molar-refractivity contribution in [2.75, 3.05) is 40.6 Å². The topological polar surface area (TPSA) is 270 Å². The van der Waals surface area contributed by atoms with E-state index in [2.05, 4.69) is 19.8 Å². The molecule has 2 amide bonds. The number of thiazole rings is 2. The Morgan fingerprint density at radius 1 is 0.605 bits per heavy atom. The van der Waals surface area contributed by atoms with E-state index >= 15 is 0 Å². The highest BCUT2D eigenvalue weighted by atomic mass is 32.1. The van der Waals surface area contributed by atoms with Crippen molar-refractivity contribution in [1.29, 1.82) is 0 Å². The lowest BCUT2D eigenvalue weighted by atomic mass is 9.82. The van der Waals surface area contributed by atoms with Crippen LogP contribution in [0.2, 0.25) is 0 Å². The molecule has 0 radical (unpaired) electrons. The number of likely N-dealkylation sites (tertiary alicyclic amines) is 2. The average molecular weight is 1250 g/mol. The summed E-state index contributed by atoms with van der Waals surface area (Å²) >= 11 is 2.28. The maximum Gasteiger partial charge on any atom is 0.355 e. The molecule has 86 heavy (non-hydrogen) atoms. The van der Waals surface area contributed by atoms with Crippen LogP contribution >= 0.6 is 22.7 Å². The number of ketones is 2.